The molecule has 1 aromatic rings. The smallest absolute Gasteiger partial charge is 0.132 e. The van der Waals surface area contributed by atoms with Crippen molar-refractivity contribution in [2.75, 3.05) is 6.61 Å². The molecule has 1 aromatic heterocycles. The van der Waals surface area contributed by atoms with E-state index in [1.807, 2.05) is 17.5 Å². The molecule has 0 saturated heterocycles. The molecule has 12 heavy (non-hydrogen) atoms. The van der Waals surface area contributed by atoms with Gasteiger partial charge in [0.25, 0.3) is 0 Å². The number of thiophene rings is 1. The average molecular weight is 184 g/mol. The number of hydrogen-bond acceptors (Lipinski definition) is 3. The summed E-state index contributed by atoms with van der Waals surface area (Å²) in [6.07, 6.45) is 0.519. The molecule has 0 aliphatic carbocycles. The molecule has 0 N–H and O–H groups in total. The summed E-state index contributed by atoms with van der Waals surface area (Å²) in [6, 6.07) is 4.02. The van der Waals surface area contributed by atoms with Gasteiger partial charge in [0.05, 0.1) is 13.2 Å². The summed E-state index contributed by atoms with van der Waals surface area (Å²) in [6.45, 7) is 2.74. The third-order valence-corrected chi connectivity index (χ3v) is 2.27. The number of Topliss-reactive ketones (excluding diaryl/α,β-unsaturated/α-hetero) is 1. The normalized spacial score (nSPS) is 10.1. The topological polar surface area (TPSA) is 26.3 Å². The van der Waals surface area contributed by atoms with Crippen LogP contribution in [0.25, 0.3) is 0 Å². The van der Waals surface area contributed by atoms with Gasteiger partial charge in [0.15, 0.2) is 0 Å². The number of hydrogen-bond donors (Lipinski definition) is 0. The van der Waals surface area contributed by atoms with E-state index in [2.05, 4.69) is 0 Å². The Morgan fingerprint density at radius 1 is 1.67 bits per heavy atom. The number of ketones is 1. The molecule has 66 valence electrons. The van der Waals surface area contributed by atoms with Crippen LogP contribution in [-0.2, 0) is 16.1 Å². The molecule has 0 unspecified atom stereocenters. The van der Waals surface area contributed by atoms with Crippen molar-refractivity contribution in [3.63, 3.8) is 0 Å². The lowest BCUT2D eigenvalue weighted by Gasteiger charge is -1.99. The monoisotopic (exact) mass is 184 g/mol. The minimum absolute atomic E-state index is 0.182. The molecule has 0 atom stereocenters. The molecule has 0 aromatic carbocycles. The predicted molar refractivity (Wildman–Crippen MR) is 49.3 cm³/mol. The SMILES string of the molecule is CC(=O)CCOCc1cccs1. The van der Waals surface area contributed by atoms with E-state index < -0.39 is 0 Å². The van der Waals surface area contributed by atoms with Crippen LogP contribution < -0.4 is 0 Å². The summed E-state index contributed by atoms with van der Waals surface area (Å²) >= 11 is 1.67. The van der Waals surface area contributed by atoms with E-state index in [-0.39, 0.29) is 5.78 Å². The van der Waals surface area contributed by atoms with E-state index in [1.165, 1.54) is 4.88 Å². The van der Waals surface area contributed by atoms with Crippen LogP contribution >= 0.6 is 11.3 Å². The quantitative estimate of drug-likeness (QED) is 0.656. The summed E-state index contributed by atoms with van der Waals surface area (Å²) in [5.41, 5.74) is 0. The van der Waals surface area contributed by atoms with Gasteiger partial charge in [-0.3, -0.25) is 4.79 Å². The lowest BCUT2D eigenvalue weighted by molar-refractivity contribution is -0.118. The summed E-state index contributed by atoms with van der Waals surface area (Å²) < 4.78 is 5.28. The third-order valence-electron chi connectivity index (χ3n) is 1.42. The average Bonchev–Trinajstić information content (AvgIpc) is 2.49. The van der Waals surface area contributed by atoms with Crippen molar-refractivity contribution < 1.29 is 9.53 Å². The van der Waals surface area contributed by atoms with Crippen LogP contribution in [0.4, 0.5) is 0 Å². The van der Waals surface area contributed by atoms with Gasteiger partial charge in [-0.05, 0) is 18.4 Å². The van der Waals surface area contributed by atoms with Gasteiger partial charge in [0.2, 0.25) is 0 Å². The second kappa shape index (κ2) is 5.06. The Labute approximate surface area is 76.2 Å². The zero-order valence-electron chi connectivity index (χ0n) is 7.08. The van der Waals surface area contributed by atoms with Gasteiger partial charge < -0.3 is 4.74 Å². The van der Waals surface area contributed by atoms with Crippen LogP contribution in [0.5, 0.6) is 0 Å². The van der Waals surface area contributed by atoms with Gasteiger partial charge in [-0.25, -0.2) is 0 Å². The van der Waals surface area contributed by atoms with Gasteiger partial charge in [-0.2, -0.15) is 0 Å². The first-order valence-electron chi connectivity index (χ1n) is 3.88. The van der Waals surface area contributed by atoms with Crippen LogP contribution in [0, 0.1) is 0 Å². The van der Waals surface area contributed by atoms with Crippen molar-refractivity contribution in [3.8, 4) is 0 Å². The zero-order valence-corrected chi connectivity index (χ0v) is 7.89. The Kier molecular flexibility index (Phi) is 3.97. The van der Waals surface area contributed by atoms with E-state index in [9.17, 15) is 4.79 Å². The second-order valence-electron chi connectivity index (χ2n) is 2.58. The standard InChI is InChI=1S/C9H12O2S/c1-8(10)4-5-11-7-9-3-2-6-12-9/h2-3,6H,4-5,7H2,1H3. The van der Waals surface area contributed by atoms with E-state index in [0.29, 0.717) is 19.6 Å². The molecule has 2 nitrogen and oxygen atoms in total. The number of carbonyl (C=O) groups excluding carboxylic acids is 1. The number of rotatable bonds is 5. The van der Waals surface area contributed by atoms with Crippen molar-refractivity contribution in [2.24, 2.45) is 0 Å². The van der Waals surface area contributed by atoms with Crippen molar-refractivity contribution in [2.45, 2.75) is 20.0 Å². The molecule has 0 amide bonds. The molecule has 1 heterocycles. The first kappa shape index (κ1) is 9.42. The van der Waals surface area contributed by atoms with E-state index >= 15 is 0 Å². The van der Waals surface area contributed by atoms with Gasteiger partial charge in [0, 0.05) is 11.3 Å². The molecule has 3 heteroatoms. The predicted octanol–water partition coefficient (Wildman–Crippen LogP) is 2.24. The number of ether oxygens (including phenoxy) is 1. The summed E-state index contributed by atoms with van der Waals surface area (Å²) in [4.78, 5) is 11.7. The highest BCUT2D eigenvalue weighted by atomic mass is 32.1. The summed E-state index contributed by atoms with van der Waals surface area (Å²) in [5, 5.41) is 2.02. The first-order valence-corrected chi connectivity index (χ1v) is 4.76. The summed E-state index contributed by atoms with van der Waals surface area (Å²) in [7, 11) is 0. The highest BCUT2D eigenvalue weighted by Crippen LogP contribution is 2.09. The Balaban J connectivity index is 2.07. The fourth-order valence-electron chi connectivity index (χ4n) is 0.783. The third kappa shape index (κ3) is 3.64. The molecule has 1 rings (SSSR count). The van der Waals surface area contributed by atoms with Crippen LogP contribution in [0.1, 0.15) is 18.2 Å². The Morgan fingerprint density at radius 3 is 3.08 bits per heavy atom. The maximum atomic E-state index is 10.5. The fraction of sp³-hybridized carbons (Fsp3) is 0.444. The van der Waals surface area contributed by atoms with Crippen molar-refractivity contribution in [1.82, 2.24) is 0 Å². The molecule has 0 saturated carbocycles. The largest absolute Gasteiger partial charge is 0.375 e. The highest BCUT2D eigenvalue weighted by Gasteiger charge is 1.95. The highest BCUT2D eigenvalue weighted by molar-refractivity contribution is 7.09. The zero-order chi connectivity index (χ0) is 8.81. The van der Waals surface area contributed by atoms with Crippen LogP contribution in [0.2, 0.25) is 0 Å². The maximum Gasteiger partial charge on any atom is 0.132 e. The molecule has 0 aliphatic rings. The molecule has 0 fully saturated rings. The summed E-state index contributed by atoms with van der Waals surface area (Å²) in [5.74, 6) is 0.182. The van der Waals surface area contributed by atoms with Gasteiger partial charge in [-0.1, -0.05) is 6.07 Å². The van der Waals surface area contributed by atoms with Crippen molar-refractivity contribution >= 4 is 17.1 Å². The second-order valence-corrected chi connectivity index (χ2v) is 3.62. The number of carbonyl (C=O) groups is 1. The molecule has 0 radical (unpaired) electrons. The van der Waals surface area contributed by atoms with Crippen LogP contribution in [-0.4, -0.2) is 12.4 Å². The first-order chi connectivity index (χ1) is 5.79. The van der Waals surface area contributed by atoms with Gasteiger partial charge in [0.1, 0.15) is 5.78 Å². The van der Waals surface area contributed by atoms with E-state index in [4.69, 9.17) is 4.74 Å². The van der Waals surface area contributed by atoms with E-state index in [0.717, 1.165) is 0 Å². The molecule has 0 bridgehead atoms. The minimum Gasteiger partial charge on any atom is -0.375 e. The van der Waals surface area contributed by atoms with Crippen LogP contribution in [0.15, 0.2) is 17.5 Å². The molecular weight excluding hydrogens is 172 g/mol. The fourth-order valence-corrected chi connectivity index (χ4v) is 1.42. The maximum absolute atomic E-state index is 10.5. The van der Waals surface area contributed by atoms with Gasteiger partial charge in [-0.15, -0.1) is 11.3 Å². The molecular formula is C9H12O2S. The van der Waals surface area contributed by atoms with E-state index in [1.54, 1.807) is 18.3 Å². The van der Waals surface area contributed by atoms with Gasteiger partial charge >= 0.3 is 0 Å². The van der Waals surface area contributed by atoms with Crippen molar-refractivity contribution in [1.29, 1.82) is 0 Å². The molecule has 0 spiro atoms. The Bertz CT molecular complexity index is 229. The Morgan fingerprint density at radius 2 is 2.50 bits per heavy atom. The Hall–Kier alpha value is -0.670. The molecule has 0 aliphatic heterocycles. The van der Waals surface area contributed by atoms with Crippen molar-refractivity contribution in [3.05, 3.63) is 22.4 Å². The minimum atomic E-state index is 0.182. The lowest BCUT2D eigenvalue weighted by atomic mass is 10.3. The lowest BCUT2D eigenvalue weighted by Crippen LogP contribution is -1.99. The van der Waals surface area contributed by atoms with Crippen LogP contribution in [0.3, 0.4) is 0 Å².